The number of aromatic nitrogens is 1. The molecular weight excluding hydrogens is 438 g/mol. The first-order chi connectivity index (χ1) is 16.9. The van der Waals surface area contributed by atoms with E-state index >= 15 is 0 Å². The van der Waals surface area contributed by atoms with Crippen molar-refractivity contribution in [3.05, 3.63) is 60.4 Å². The largest absolute Gasteiger partial charge is 0.460 e. The molecule has 2 aliphatic heterocycles. The summed E-state index contributed by atoms with van der Waals surface area (Å²) in [6.45, 7) is 7.21. The summed E-state index contributed by atoms with van der Waals surface area (Å²) in [5.74, 6) is 0.180. The summed E-state index contributed by atoms with van der Waals surface area (Å²) in [5.41, 5.74) is 2.11. The zero-order valence-corrected chi connectivity index (χ0v) is 20.7. The van der Waals surface area contributed by atoms with Crippen molar-refractivity contribution < 1.29 is 14.3 Å². The second kappa shape index (κ2) is 9.57. The zero-order chi connectivity index (χ0) is 24.6. The molecule has 184 valence electrons. The fraction of sp³-hybridized carbons (Fsp3) is 0.483. The van der Waals surface area contributed by atoms with E-state index in [-0.39, 0.29) is 41.8 Å². The van der Waals surface area contributed by atoms with E-state index in [9.17, 15) is 9.59 Å². The molecule has 2 aromatic rings. The van der Waals surface area contributed by atoms with Crippen molar-refractivity contribution in [1.82, 2.24) is 15.6 Å². The number of pyridine rings is 1. The standard InChI is InChI=1S/C29H35N3O3/c1-18-16-29(32-27(33)25-10-7-15-30-25)26(20(3)35-28(29)34)24(19(18)2)14-13-23-12-11-22(17-31-23)21-8-5-4-6-9-21/h4-6,8-9,11-14,17-20,24-26,30H,7,10,15-16H2,1-3H3,(H,32,33)/b14-13+/t18?,19?,20-,24?,25-,26+,29+/m1/s1. The third-order valence-electron chi connectivity index (χ3n) is 8.40. The Bertz CT molecular complexity index is 1090. The number of esters is 1. The van der Waals surface area contributed by atoms with E-state index in [0.29, 0.717) is 12.3 Å². The Labute approximate surface area is 207 Å². The van der Waals surface area contributed by atoms with Crippen molar-refractivity contribution in [2.45, 2.75) is 57.7 Å². The molecule has 2 saturated heterocycles. The molecule has 3 unspecified atom stereocenters. The molecule has 5 rings (SSSR count). The Morgan fingerprint density at radius 2 is 1.94 bits per heavy atom. The van der Waals surface area contributed by atoms with Gasteiger partial charge in [-0.15, -0.1) is 0 Å². The number of allylic oxidation sites excluding steroid dienone is 1. The summed E-state index contributed by atoms with van der Waals surface area (Å²) in [5, 5.41) is 6.45. The van der Waals surface area contributed by atoms with Crippen LogP contribution in [-0.2, 0) is 14.3 Å². The number of benzene rings is 1. The minimum Gasteiger partial charge on any atom is -0.460 e. The number of hydrogen-bond donors (Lipinski definition) is 2. The van der Waals surface area contributed by atoms with Gasteiger partial charge in [-0.1, -0.05) is 56.3 Å². The third kappa shape index (κ3) is 4.40. The molecule has 3 heterocycles. The molecule has 0 spiro atoms. The summed E-state index contributed by atoms with van der Waals surface area (Å²) >= 11 is 0. The zero-order valence-electron chi connectivity index (χ0n) is 20.7. The first-order valence-electron chi connectivity index (χ1n) is 12.9. The number of ether oxygens (including phenoxy) is 1. The molecule has 0 bridgehead atoms. The van der Waals surface area contributed by atoms with Crippen molar-refractivity contribution in [1.29, 1.82) is 0 Å². The van der Waals surface area contributed by atoms with Crippen LogP contribution in [0, 0.1) is 23.7 Å². The second-order valence-electron chi connectivity index (χ2n) is 10.6. The van der Waals surface area contributed by atoms with E-state index in [1.54, 1.807) is 0 Å². The average Bonchev–Trinajstić information content (AvgIpc) is 3.48. The van der Waals surface area contributed by atoms with E-state index in [0.717, 1.165) is 36.2 Å². The molecule has 1 aliphatic carbocycles. The number of carbonyl (C=O) groups excluding carboxylic acids is 2. The molecule has 1 aromatic heterocycles. The van der Waals surface area contributed by atoms with Crippen molar-refractivity contribution >= 4 is 18.0 Å². The van der Waals surface area contributed by atoms with Crippen LogP contribution in [0.1, 0.15) is 45.7 Å². The molecule has 2 N–H and O–H groups in total. The molecule has 6 nitrogen and oxygen atoms in total. The van der Waals surface area contributed by atoms with Gasteiger partial charge < -0.3 is 15.4 Å². The lowest BCUT2D eigenvalue weighted by atomic mass is 9.58. The van der Waals surface area contributed by atoms with Crippen LogP contribution < -0.4 is 10.6 Å². The SMILES string of the molecule is CC1C[C@@]2(NC(=O)[C@H]3CCCN3)C(=O)O[C@H](C)[C@H]2C(/C=C/c2ccc(-c3ccccc3)cn2)C1C. The van der Waals surface area contributed by atoms with Crippen molar-refractivity contribution in [2.75, 3.05) is 6.54 Å². The quantitative estimate of drug-likeness (QED) is 0.636. The fourth-order valence-electron chi connectivity index (χ4n) is 6.36. The Morgan fingerprint density at radius 1 is 1.14 bits per heavy atom. The van der Waals surface area contributed by atoms with Gasteiger partial charge in [0.1, 0.15) is 11.6 Å². The minimum atomic E-state index is -0.980. The first kappa shape index (κ1) is 23.7. The van der Waals surface area contributed by atoms with Crippen molar-refractivity contribution in [3.63, 3.8) is 0 Å². The lowest BCUT2D eigenvalue weighted by molar-refractivity contribution is -0.149. The highest BCUT2D eigenvalue weighted by atomic mass is 16.6. The number of hydrogen-bond acceptors (Lipinski definition) is 5. The van der Waals surface area contributed by atoms with Crippen LogP contribution in [0.5, 0.6) is 0 Å². The number of carbonyl (C=O) groups is 2. The van der Waals surface area contributed by atoms with Gasteiger partial charge in [0.15, 0.2) is 0 Å². The summed E-state index contributed by atoms with van der Waals surface area (Å²) in [6.07, 6.45) is 8.25. The van der Waals surface area contributed by atoms with Gasteiger partial charge in [-0.2, -0.15) is 0 Å². The van der Waals surface area contributed by atoms with Crippen LogP contribution in [-0.4, -0.2) is 41.1 Å². The summed E-state index contributed by atoms with van der Waals surface area (Å²) in [4.78, 5) is 31.0. The number of nitrogens with zero attached hydrogens (tertiary/aromatic N) is 1. The minimum absolute atomic E-state index is 0.0765. The highest BCUT2D eigenvalue weighted by molar-refractivity contribution is 5.92. The maximum atomic E-state index is 13.2. The predicted octanol–water partition coefficient (Wildman–Crippen LogP) is 4.22. The van der Waals surface area contributed by atoms with Crippen LogP contribution in [0.4, 0.5) is 0 Å². The van der Waals surface area contributed by atoms with Gasteiger partial charge in [-0.05, 0) is 68.2 Å². The molecule has 1 amide bonds. The predicted molar refractivity (Wildman–Crippen MR) is 136 cm³/mol. The molecule has 3 fully saturated rings. The normalized spacial score (nSPS) is 34.5. The topological polar surface area (TPSA) is 80.3 Å². The van der Waals surface area contributed by atoms with Gasteiger partial charge in [-0.3, -0.25) is 9.78 Å². The van der Waals surface area contributed by atoms with Gasteiger partial charge in [-0.25, -0.2) is 4.79 Å². The highest BCUT2D eigenvalue weighted by Crippen LogP contribution is 2.51. The van der Waals surface area contributed by atoms with Crippen LogP contribution >= 0.6 is 0 Å². The molecule has 1 aromatic carbocycles. The molecular formula is C29H35N3O3. The van der Waals surface area contributed by atoms with Gasteiger partial charge in [0.25, 0.3) is 0 Å². The molecule has 0 radical (unpaired) electrons. The van der Waals surface area contributed by atoms with Gasteiger partial charge in [0.05, 0.1) is 11.7 Å². The monoisotopic (exact) mass is 473 g/mol. The van der Waals surface area contributed by atoms with Crippen LogP contribution in [0.15, 0.2) is 54.7 Å². The highest BCUT2D eigenvalue weighted by Gasteiger charge is 2.63. The maximum absolute atomic E-state index is 13.2. The summed E-state index contributed by atoms with van der Waals surface area (Å²) < 4.78 is 5.80. The summed E-state index contributed by atoms with van der Waals surface area (Å²) in [6, 6.07) is 14.1. The van der Waals surface area contributed by atoms with Gasteiger partial charge >= 0.3 is 5.97 Å². The van der Waals surface area contributed by atoms with E-state index in [1.807, 2.05) is 37.4 Å². The number of cyclic esters (lactones) is 1. The van der Waals surface area contributed by atoms with Gasteiger partial charge in [0.2, 0.25) is 5.91 Å². The van der Waals surface area contributed by atoms with Crippen LogP contribution in [0.25, 0.3) is 17.2 Å². The number of amides is 1. The fourth-order valence-corrected chi connectivity index (χ4v) is 6.36. The molecule has 3 aliphatic rings. The summed E-state index contributed by atoms with van der Waals surface area (Å²) in [7, 11) is 0. The van der Waals surface area contributed by atoms with E-state index in [1.165, 1.54) is 0 Å². The van der Waals surface area contributed by atoms with Crippen molar-refractivity contribution in [3.8, 4) is 11.1 Å². The third-order valence-corrected chi connectivity index (χ3v) is 8.40. The molecule has 35 heavy (non-hydrogen) atoms. The Morgan fingerprint density at radius 3 is 2.63 bits per heavy atom. The first-order valence-corrected chi connectivity index (χ1v) is 12.9. The lowest BCUT2D eigenvalue weighted by Crippen LogP contribution is -2.64. The Balaban J connectivity index is 1.41. The van der Waals surface area contributed by atoms with Gasteiger partial charge in [0, 0.05) is 17.7 Å². The smallest absolute Gasteiger partial charge is 0.332 e. The molecule has 6 heteroatoms. The lowest BCUT2D eigenvalue weighted by Gasteiger charge is -2.47. The maximum Gasteiger partial charge on any atom is 0.332 e. The number of nitrogens with one attached hydrogen (secondary N) is 2. The molecule has 7 atom stereocenters. The molecule has 1 saturated carbocycles. The number of fused-ring (bicyclic) bond motifs is 1. The Kier molecular flexibility index (Phi) is 6.49. The Hall–Kier alpha value is -2.99. The average molecular weight is 474 g/mol. The van der Waals surface area contributed by atoms with Crippen molar-refractivity contribution in [2.24, 2.45) is 23.7 Å². The van der Waals surface area contributed by atoms with Crippen LogP contribution in [0.3, 0.4) is 0 Å². The van der Waals surface area contributed by atoms with Crippen LogP contribution in [0.2, 0.25) is 0 Å². The van der Waals surface area contributed by atoms with E-state index in [2.05, 4.69) is 59.8 Å². The number of rotatable bonds is 5. The van der Waals surface area contributed by atoms with E-state index < -0.39 is 5.54 Å². The second-order valence-corrected chi connectivity index (χ2v) is 10.6. The van der Waals surface area contributed by atoms with E-state index in [4.69, 9.17) is 4.74 Å².